The van der Waals surface area contributed by atoms with Crippen molar-refractivity contribution in [3.63, 3.8) is 0 Å². The van der Waals surface area contributed by atoms with Crippen LogP contribution in [0.4, 0.5) is 11.4 Å². The molecule has 0 bridgehead atoms. The van der Waals surface area contributed by atoms with Gasteiger partial charge in [0.05, 0.1) is 15.7 Å². The van der Waals surface area contributed by atoms with Gasteiger partial charge in [0.1, 0.15) is 6.42 Å². The maximum atomic E-state index is 12.3. The van der Waals surface area contributed by atoms with Gasteiger partial charge in [0.2, 0.25) is 11.8 Å². The molecule has 0 fully saturated rings. The van der Waals surface area contributed by atoms with E-state index in [1.807, 2.05) is 37.3 Å². The van der Waals surface area contributed by atoms with Crippen molar-refractivity contribution < 1.29 is 9.59 Å². The highest BCUT2D eigenvalue weighted by molar-refractivity contribution is 6.44. The molecular weight excluding hydrogens is 335 g/mol. The van der Waals surface area contributed by atoms with Crippen LogP contribution >= 0.6 is 23.2 Å². The van der Waals surface area contributed by atoms with Gasteiger partial charge in [0, 0.05) is 12.2 Å². The number of anilines is 2. The van der Waals surface area contributed by atoms with E-state index in [1.54, 1.807) is 23.1 Å². The number of hydrogen-bond donors (Lipinski definition) is 1. The van der Waals surface area contributed by atoms with Crippen LogP contribution in [0.3, 0.4) is 0 Å². The Morgan fingerprint density at radius 1 is 1.04 bits per heavy atom. The lowest BCUT2D eigenvalue weighted by molar-refractivity contribution is -0.125. The van der Waals surface area contributed by atoms with Crippen LogP contribution in [0.5, 0.6) is 0 Å². The molecule has 0 aromatic heterocycles. The second kappa shape index (κ2) is 7.99. The average Bonchev–Trinajstić information content (AvgIpc) is 2.53. The first-order valence-electron chi connectivity index (χ1n) is 7.12. The minimum atomic E-state index is -0.437. The van der Waals surface area contributed by atoms with Crippen molar-refractivity contribution in [3.05, 3.63) is 58.6 Å². The Morgan fingerprint density at radius 2 is 1.74 bits per heavy atom. The van der Waals surface area contributed by atoms with Gasteiger partial charge in [-0.1, -0.05) is 47.5 Å². The van der Waals surface area contributed by atoms with Gasteiger partial charge in [-0.25, -0.2) is 0 Å². The number of para-hydroxylation sites is 1. The Labute approximate surface area is 145 Å². The third-order valence-corrected chi connectivity index (χ3v) is 4.04. The second-order valence-electron chi connectivity index (χ2n) is 4.80. The number of carbonyl (C=O) groups excluding carboxylic acids is 2. The van der Waals surface area contributed by atoms with E-state index < -0.39 is 5.91 Å². The Morgan fingerprint density at radius 3 is 2.39 bits per heavy atom. The largest absolute Gasteiger partial charge is 0.324 e. The van der Waals surface area contributed by atoms with Gasteiger partial charge in [-0.05, 0) is 31.2 Å². The first kappa shape index (κ1) is 17.3. The lowest BCUT2D eigenvalue weighted by Crippen LogP contribution is -2.33. The molecule has 0 spiro atoms. The summed E-state index contributed by atoms with van der Waals surface area (Å²) < 4.78 is 0. The van der Waals surface area contributed by atoms with Gasteiger partial charge in [0.15, 0.2) is 0 Å². The molecule has 0 radical (unpaired) electrons. The van der Waals surface area contributed by atoms with Crippen LogP contribution in [0, 0.1) is 0 Å². The SMILES string of the molecule is CCN(C(=O)CC(=O)Nc1cccc(Cl)c1Cl)c1ccccc1. The molecular formula is C17H16Cl2N2O2. The summed E-state index contributed by atoms with van der Waals surface area (Å²) in [4.78, 5) is 26.0. The summed E-state index contributed by atoms with van der Waals surface area (Å²) >= 11 is 11.9. The average molecular weight is 351 g/mol. The minimum Gasteiger partial charge on any atom is -0.324 e. The van der Waals surface area contributed by atoms with Crippen molar-refractivity contribution in [2.45, 2.75) is 13.3 Å². The fourth-order valence-electron chi connectivity index (χ4n) is 2.14. The molecule has 2 rings (SSSR count). The Kier molecular flexibility index (Phi) is 6.02. The Bertz CT molecular complexity index is 705. The van der Waals surface area contributed by atoms with Gasteiger partial charge in [0.25, 0.3) is 0 Å². The predicted molar refractivity (Wildman–Crippen MR) is 94.2 cm³/mol. The van der Waals surface area contributed by atoms with E-state index in [2.05, 4.69) is 5.32 Å². The normalized spacial score (nSPS) is 10.2. The molecule has 0 aliphatic carbocycles. The molecule has 120 valence electrons. The molecule has 23 heavy (non-hydrogen) atoms. The number of nitrogens with one attached hydrogen (secondary N) is 1. The van der Waals surface area contributed by atoms with Crippen LogP contribution in [0.25, 0.3) is 0 Å². The quantitative estimate of drug-likeness (QED) is 0.813. The maximum Gasteiger partial charge on any atom is 0.236 e. The van der Waals surface area contributed by atoms with Crippen LogP contribution in [0.2, 0.25) is 10.0 Å². The third kappa shape index (κ3) is 4.47. The van der Waals surface area contributed by atoms with E-state index in [0.29, 0.717) is 17.3 Å². The first-order valence-corrected chi connectivity index (χ1v) is 7.87. The van der Waals surface area contributed by atoms with Crippen LogP contribution in [-0.2, 0) is 9.59 Å². The lowest BCUT2D eigenvalue weighted by atomic mass is 10.2. The smallest absolute Gasteiger partial charge is 0.236 e. The summed E-state index contributed by atoms with van der Waals surface area (Å²) in [6.45, 7) is 2.34. The number of benzene rings is 2. The predicted octanol–water partition coefficient (Wildman–Crippen LogP) is 4.38. The third-order valence-electron chi connectivity index (χ3n) is 3.22. The summed E-state index contributed by atoms with van der Waals surface area (Å²) in [5, 5.41) is 3.21. The molecule has 0 aliphatic rings. The number of halogens is 2. The van der Waals surface area contributed by atoms with Crippen molar-refractivity contribution in [2.24, 2.45) is 0 Å². The van der Waals surface area contributed by atoms with Crippen molar-refractivity contribution in [3.8, 4) is 0 Å². The van der Waals surface area contributed by atoms with E-state index >= 15 is 0 Å². The van der Waals surface area contributed by atoms with Crippen molar-refractivity contribution in [1.82, 2.24) is 0 Å². The van der Waals surface area contributed by atoms with Gasteiger partial charge >= 0.3 is 0 Å². The molecule has 0 saturated heterocycles. The highest BCUT2D eigenvalue weighted by Gasteiger charge is 2.18. The minimum absolute atomic E-state index is 0.255. The van der Waals surface area contributed by atoms with Gasteiger partial charge in [-0.2, -0.15) is 0 Å². The molecule has 0 atom stereocenters. The molecule has 1 N–H and O–H groups in total. The van der Waals surface area contributed by atoms with E-state index in [4.69, 9.17) is 23.2 Å². The van der Waals surface area contributed by atoms with Gasteiger partial charge in [-0.15, -0.1) is 0 Å². The molecule has 6 heteroatoms. The first-order chi connectivity index (χ1) is 11.0. The summed E-state index contributed by atoms with van der Waals surface area (Å²) in [7, 11) is 0. The summed E-state index contributed by atoms with van der Waals surface area (Å²) in [6.07, 6.45) is -0.272. The Hall–Kier alpha value is -2.04. The number of nitrogens with zero attached hydrogens (tertiary/aromatic N) is 1. The maximum absolute atomic E-state index is 12.3. The zero-order valence-corrected chi connectivity index (χ0v) is 14.1. The van der Waals surface area contributed by atoms with Crippen LogP contribution in [-0.4, -0.2) is 18.4 Å². The van der Waals surface area contributed by atoms with Crippen molar-refractivity contribution >= 4 is 46.4 Å². The van der Waals surface area contributed by atoms with E-state index in [9.17, 15) is 9.59 Å². The highest BCUT2D eigenvalue weighted by Crippen LogP contribution is 2.29. The number of hydrogen-bond acceptors (Lipinski definition) is 2. The van der Waals surface area contributed by atoms with Crippen LogP contribution in [0.15, 0.2) is 48.5 Å². The van der Waals surface area contributed by atoms with E-state index in [1.165, 1.54) is 0 Å². The van der Waals surface area contributed by atoms with E-state index in [-0.39, 0.29) is 17.4 Å². The standard InChI is InChI=1S/C17H16Cl2N2O2/c1-2-21(12-7-4-3-5-8-12)16(23)11-15(22)20-14-10-6-9-13(18)17(14)19/h3-10H,2,11H2,1H3,(H,20,22). The second-order valence-corrected chi connectivity index (χ2v) is 5.59. The number of amides is 2. The Balaban J connectivity index is 2.04. The number of carbonyl (C=O) groups is 2. The molecule has 2 amide bonds. The molecule has 0 unspecified atom stereocenters. The fraction of sp³-hybridized carbons (Fsp3) is 0.176. The van der Waals surface area contributed by atoms with Crippen molar-refractivity contribution in [2.75, 3.05) is 16.8 Å². The van der Waals surface area contributed by atoms with Crippen molar-refractivity contribution in [1.29, 1.82) is 0 Å². The zero-order valence-electron chi connectivity index (χ0n) is 12.6. The van der Waals surface area contributed by atoms with Gasteiger partial charge < -0.3 is 10.2 Å². The highest BCUT2D eigenvalue weighted by atomic mass is 35.5. The summed E-state index contributed by atoms with van der Waals surface area (Å²) in [5.74, 6) is -0.720. The lowest BCUT2D eigenvalue weighted by Gasteiger charge is -2.20. The molecule has 0 aliphatic heterocycles. The molecule has 2 aromatic rings. The van der Waals surface area contributed by atoms with E-state index in [0.717, 1.165) is 5.69 Å². The summed E-state index contributed by atoms with van der Waals surface area (Å²) in [6, 6.07) is 14.1. The fourth-order valence-corrected chi connectivity index (χ4v) is 2.49. The van der Waals surface area contributed by atoms with Gasteiger partial charge in [-0.3, -0.25) is 9.59 Å². The topological polar surface area (TPSA) is 49.4 Å². The molecule has 0 saturated carbocycles. The molecule has 2 aromatic carbocycles. The monoisotopic (exact) mass is 350 g/mol. The number of rotatable bonds is 5. The zero-order chi connectivity index (χ0) is 16.8. The molecule has 4 nitrogen and oxygen atoms in total. The van der Waals surface area contributed by atoms with Crippen LogP contribution in [0.1, 0.15) is 13.3 Å². The molecule has 0 heterocycles. The summed E-state index contributed by atoms with van der Waals surface area (Å²) in [5.41, 5.74) is 1.15. The van der Waals surface area contributed by atoms with Crippen LogP contribution < -0.4 is 10.2 Å².